The first kappa shape index (κ1) is 36.3. The van der Waals surface area contributed by atoms with Gasteiger partial charge < -0.3 is 29.7 Å². The van der Waals surface area contributed by atoms with Gasteiger partial charge in [-0.25, -0.2) is 0 Å². The van der Waals surface area contributed by atoms with E-state index in [0.29, 0.717) is 31.4 Å². The van der Waals surface area contributed by atoms with Gasteiger partial charge in [0, 0.05) is 23.8 Å². The van der Waals surface area contributed by atoms with Crippen molar-refractivity contribution in [2.45, 2.75) is 118 Å². The van der Waals surface area contributed by atoms with Crippen LogP contribution < -0.4 is 5.32 Å². The first-order valence-electron chi connectivity index (χ1n) is 17.4. The summed E-state index contributed by atoms with van der Waals surface area (Å²) in [6.45, 7) is 11.3. The van der Waals surface area contributed by atoms with Gasteiger partial charge in [-0.05, 0) is 44.6 Å². The standard InChI is InChI=1S/C37H50BrN3O7/c1-5-8-19-28(43)39-23(4)31(24-15-11-9-12-16-24)47-36(46)29-30-34(44)41(25(7-3)22-42)33(37(30)21-27(38)32(29)48-37)35(45)40(20-6-2)26-17-13-10-14-18-26/h5-6,9,11-12,15-16,23,25-27,29-33,42H,1-2,7-8,10,13-14,17-22H2,3-4H3,(H,39,43)/t23-,25+,27?,29+,30-,31-,32+,33+,37-/m1/s1. The van der Waals surface area contributed by atoms with Crippen LogP contribution in [0.3, 0.4) is 0 Å². The van der Waals surface area contributed by atoms with E-state index >= 15 is 0 Å². The Morgan fingerprint density at radius 2 is 1.90 bits per heavy atom. The van der Waals surface area contributed by atoms with Crippen LogP contribution in [0.25, 0.3) is 0 Å². The molecule has 1 aromatic rings. The maximum absolute atomic E-state index is 14.8. The maximum Gasteiger partial charge on any atom is 0.313 e. The third-order valence-electron chi connectivity index (χ3n) is 10.7. The Hall–Kier alpha value is -3.02. The van der Waals surface area contributed by atoms with Crippen molar-refractivity contribution in [3.05, 3.63) is 61.2 Å². The molecule has 0 radical (unpaired) electrons. The molecule has 262 valence electrons. The van der Waals surface area contributed by atoms with Gasteiger partial charge in [-0.2, -0.15) is 0 Å². The van der Waals surface area contributed by atoms with E-state index < -0.39 is 53.7 Å². The monoisotopic (exact) mass is 727 g/mol. The Labute approximate surface area is 292 Å². The number of likely N-dealkylation sites (tertiary alicyclic amines) is 1. The average Bonchev–Trinajstić information content (AvgIpc) is 3.69. The molecule has 10 nitrogen and oxygen atoms in total. The minimum Gasteiger partial charge on any atom is -0.455 e. The Balaban J connectivity index is 1.50. The summed E-state index contributed by atoms with van der Waals surface area (Å²) in [7, 11) is 0. The van der Waals surface area contributed by atoms with Crippen molar-refractivity contribution in [3.8, 4) is 0 Å². The number of esters is 1. The summed E-state index contributed by atoms with van der Waals surface area (Å²) < 4.78 is 13.0. The highest BCUT2D eigenvalue weighted by atomic mass is 79.9. The van der Waals surface area contributed by atoms with Crippen LogP contribution in [-0.2, 0) is 28.7 Å². The fourth-order valence-electron chi connectivity index (χ4n) is 8.47. The SMILES string of the molecule is C=CCCC(=O)N[C@H](C)[C@@H](OC(=O)[C@@H]1[C@H]2O[C@@]3(CC2Br)[C@H](C(=O)N(CC=C)C2CCCCC2)N([C@@H](CC)CO)C(=O)[C@@H]13)c1ccccc1. The van der Waals surface area contributed by atoms with E-state index in [1.807, 2.05) is 42.2 Å². The topological polar surface area (TPSA) is 125 Å². The molecular weight excluding hydrogens is 678 g/mol. The van der Waals surface area contributed by atoms with Gasteiger partial charge in [0.2, 0.25) is 17.7 Å². The zero-order valence-corrected chi connectivity index (χ0v) is 29.7. The fourth-order valence-corrected chi connectivity index (χ4v) is 9.41. The van der Waals surface area contributed by atoms with Crippen LogP contribution in [-0.4, -0.2) is 92.4 Å². The molecule has 9 atom stereocenters. The first-order chi connectivity index (χ1) is 23.1. The van der Waals surface area contributed by atoms with Crippen molar-refractivity contribution in [3.63, 3.8) is 0 Å². The van der Waals surface area contributed by atoms with E-state index in [4.69, 9.17) is 9.47 Å². The van der Waals surface area contributed by atoms with Crippen LogP contribution in [0, 0.1) is 11.8 Å². The molecule has 48 heavy (non-hydrogen) atoms. The number of amides is 3. The normalized spacial score (nSPS) is 29.9. The lowest BCUT2D eigenvalue weighted by Gasteiger charge is -2.42. The minimum atomic E-state index is -1.28. The van der Waals surface area contributed by atoms with E-state index in [2.05, 4.69) is 34.4 Å². The molecule has 4 fully saturated rings. The third kappa shape index (κ3) is 6.74. The van der Waals surface area contributed by atoms with Crippen LogP contribution in [0.1, 0.15) is 83.3 Å². The molecule has 11 heteroatoms. The van der Waals surface area contributed by atoms with Gasteiger partial charge in [-0.3, -0.25) is 19.2 Å². The molecule has 2 N–H and O–H groups in total. The van der Waals surface area contributed by atoms with Crippen LogP contribution in [0.4, 0.5) is 0 Å². The van der Waals surface area contributed by atoms with Gasteiger partial charge in [0.25, 0.3) is 0 Å². The van der Waals surface area contributed by atoms with Gasteiger partial charge >= 0.3 is 5.97 Å². The highest BCUT2D eigenvalue weighted by Gasteiger charge is 2.77. The molecule has 3 heterocycles. The highest BCUT2D eigenvalue weighted by molar-refractivity contribution is 9.09. The second kappa shape index (κ2) is 15.7. The average molecular weight is 729 g/mol. The van der Waals surface area contributed by atoms with E-state index in [0.717, 1.165) is 32.1 Å². The highest BCUT2D eigenvalue weighted by Crippen LogP contribution is 2.61. The number of allylic oxidation sites excluding steroid dienone is 1. The van der Waals surface area contributed by atoms with Crippen molar-refractivity contribution in [1.82, 2.24) is 15.1 Å². The number of carbonyl (C=O) groups is 4. The summed E-state index contributed by atoms with van der Waals surface area (Å²) >= 11 is 3.75. The van der Waals surface area contributed by atoms with E-state index in [1.54, 1.807) is 19.1 Å². The lowest BCUT2D eigenvalue weighted by atomic mass is 9.70. The summed E-state index contributed by atoms with van der Waals surface area (Å²) in [4.78, 5) is 59.5. The molecule has 4 aliphatic rings. The van der Waals surface area contributed by atoms with Crippen molar-refractivity contribution in [2.75, 3.05) is 13.2 Å². The summed E-state index contributed by atoms with van der Waals surface area (Å²) in [5, 5.41) is 13.4. The van der Waals surface area contributed by atoms with Gasteiger partial charge in [-0.15, -0.1) is 13.2 Å². The molecule has 1 saturated carbocycles. The van der Waals surface area contributed by atoms with Crippen LogP contribution in [0.5, 0.6) is 0 Å². The number of nitrogens with one attached hydrogen (secondary N) is 1. The Kier molecular flexibility index (Phi) is 11.8. The summed E-state index contributed by atoms with van der Waals surface area (Å²) in [6, 6.07) is 7.00. The van der Waals surface area contributed by atoms with E-state index in [-0.39, 0.29) is 41.6 Å². The Morgan fingerprint density at radius 3 is 2.52 bits per heavy atom. The predicted octanol–water partition coefficient (Wildman–Crippen LogP) is 4.61. The number of nitrogens with zero attached hydrogens (tertiary/aromatic N) is 2. The zero-order valence-electron chi connectivity index (χ0n) is 28.1. The number of aliphatic hydroxyl groups is 1. The van der Waals surface area contributed by atoms with Crippen LogP contribution in [0.15, 0.2) is 55.6 Å². The van der Waals surface area contributed by atoms with Crippen molar-refractivity contribution in [2.24, 2.45) is 11.8 Å². The first-order valence-corrected chi connectivity index (χ1v) is 18.4. The molecule has 3 amide bonds. The van der Waals surface area contributed by atoms with Crippen LogP contribution >= 0.6 is 15.9 Å². The Bertz CT molecular complexity index is 1350. The number of fused-ring (bicyclic) bond motifs is 1. The third-order valence-corrected chi connectivity index (χ3v) is 11.6. The number of aliphatic hydroxyl groups excluding tert-OH is 1. The van der Waals surface area contributed by atoms with E-state index in [1.165, 1.54) is 4.90 Å². The predicted molar refractivity (Wildman–Crippen MR) is 185 cm³/mol. The van der Waals surface area contributed by atoms with E-state index in [9.17, 15) is 24.3 Å². The van der Waals surface area contributed by atoms with Gasteiger partial charge in [-0.1, -0.05) is 84.6 Å². The number of ether oxygens (including phenoxy) is 2. The fraction of sp³-hybridized carbons (Fsp3) is 0.622. The number of benzene rings is 1. The number of alkyl halides is 1. The molecule has 3 aliphatic heterocycles. The van der Waals surface area contributed by atoms with Gasteiger partial charge in [0.15, 0.2) is 0 Å². The molecule has 3 saturated heterocycles. The second-order valence-electron chi connectivity index (χ2n) is 13.7. The summed E-state index contributed by atoms with van der Waals surface area (Å²) in [5.41, 5.74) is -0.581. The summed E-state index contributed by atoms with van der Waals surface area (Å²) in [6.07, 6.45) is 8.31. The Morgan fingerprint density at radius 1 is 1.19 bits per heavy atom. The number of rotatable bonds is 15. The lowest BCUT2D eigenvalue weighted by Crippen LogP contribution is -2.60. The molecule has 2 bridgehead atoms. The quantitative estimate of drug-likeness (QED) is 0.154. The molecule has 5 rings (SSSR count). The molecule has 1 spiro atoms. The lowest BCUT2D eigenvalue weighted by molar-refractivity contribution is -0.162. The largest absolute Gasteiger partial charge is 0.455 e. The zero-order chi connectivity index (χ0) is 34.6. The number of hydrogen-bond acceptors (Lipinski definition) is 7. The smallest absolute Gasteiger partial charge is 0.313 e. The summed E-state index contributed by atoms with van der Waals surface area (Å²) in [5.74, 6) is -3.37. The number of hydrogen-bond donors (Lipinski definition) is 2. The van der Waals surface area contributed by atoms with Crippen molar-refractivity contribution < 1.29 is 33.8 Å². The van der Waals surface area contributed by atoms with Crippen molar-refractivity contribution >= 4 is 39.6 Å². The van der Waals surface area contributed by atoms with Gasteiger partial charge in [0.05, 0.1) is 36.6 Å². The minimum absolute atomic E-state index is 0.0137. The van der Waals surface area contributed by atoms with Crippen molar-refractivity contribution in [1.29, 1.82) is 0 Å². The molecular formula is C37H50BrN3O7. The number of carbonyl (C=O) groups excluding carboxylic acids is 4. The second-order valence-corrected chi connectivity index (χ2v) is 14.9. The molecule has 1 aromatic carbocycles. The van der Waals surface area contributed by atoms with Gasteiger partial charge in [0.1, 0.15) is 17.7 Å². The molecule has 1 unspecified atom stereocenters. The maximum atomic E-state index is 14.8. The molecule has 0 aromatic heterocycles. The molecule has 1 aliphatic carbocycles. The van der Waals surface area contributed by atoms with Crippen LogP contribution in [0.2, 0.25) is 0 Å². The number of halogens is 1.